The van der Waals surface area contributed by atoms with Gasteiger partial charge in [0.2, 0.25) is 0 Å². The molecule has 1 heterocycles. The van der Waals surface area contributed by atoms with Gasteiger partial charge >= 0.3 is 0 Å². The van der Waals surface area contributed by atoms with Crippen LogP contribution in [0.2, 0.25) is 0 Å². The molecule has 1 aromatic rings. The van der Waals surface area contributed by atoms with Gasteiger partial charge in [-0.25, -0.2) is 0 Å². The van der Waals surface area contributed by atoms with Crippen LogP contribution in [0, 0.1) is 5.92 Å². The van der Waals surface area contributed by atoms with Gasteiger partial charge < -0.3 is 9.64 Å². The molecule has 1 aliphatic heterocycles. The van der Waals surface area contributed by atoms with Gasteiger partial charge in [-0.1, -0.05) is 49.6 Å². The van der Waals surface area contributed by atoms with Crippen LogP contribution < -0.4 is 0 Å². The third-order valence-electron chi connectivity index (χ3n) is 4.64. The van der Waals surface area contributed by atoms with Crippen molar-refractivity contribution in [3.63, 3.8) is 0 Å². The highest BCUT2D eigenvalue weighted by molar-refractivity contribution is 5.18. The number of ether oxygens (including phenoxy) is 1. The van der Waals surface area contributed by atoms with Gasteiger partial charge in [0.05, 0.1) is 12.2 Å². The van der Waals surface area contributed by atoms with Crippen molar-refractivity contribution in [3.8, 4) is 0 Å². The summed E-state index contributed by atoms with van der Waals surface area (Å²) in [6, 6.07) is 10.7. The van der Waals surface area contributed by atoms with E-state index < -0.39 is 0 Å². The van der Waals surface area contributed by atoms with Gasteiger partial charge in [-0.05, 0) is 31.4 Å². The molecule has 2 unspecified atom stereocenters. The molecule has 2 aliphatic rings. The first kappa shape index (κ1) is 13.1. The maximum Gasteiger partial charge on any atom is 0.0956 e. The Morgan fingerprint density at radius 2 is 1.89 bits per heavy atom. The minimum Gasteiger partial charge on any atom is -0.368 e. The van der Waals surface area contributed by atoms with Crippen molar-refractivity contribution < 1.29 is 4.74 Å². The lowest BCUT2D eigenvalue weighted by molar-refractivity contribution is -0.0859. The Hall–Kier alpha value is -0.860. The third kappa shape index (κ3) is 3.37. The summed E-state index contributed by atoms with van der Waals surface area (Å²) in [5.74, 6) is 0.992. The van der Waals surface area contributed by atoms with E-state index >= 15 is 0 Å². The molecule has 2 atom stereocenters. The third-order valence-corrected chi connectivity index (χ3v) is 4.64. The highest BCUT2D eigenvalue weighted by Crippen LogP contribution is 2.33. The van der Waals surface area contributed by atoms with Crippen LogP contribution in [-0.2, 0) is 4.74 Å². The number of morpholine rings is 1. The first-order valence-corrected chi connectivity index (χ1v) is 7.70. The molecule has 0 N–H and O–H groups in total. The quantitative estimate of drug-likeness (QED) is 0.818. The highest BCUT2D eigenvalue weighted by Gasteiger charge is 2.28. The molecule has 1 saturated carbocycles. The molecule has 0 amide bonds. The van der Waals surface area contributed by atoms with Gasteiger partial charge in [0.15, 0.2) is 0 Å². The maximum atomic E-state index is 6.32. The van der Waals surface area contributed by atoms with Crippen LogP contribution in [0.4, 0.5) is 0 Å². The van der Waals surface area contributed by atoms with Crippen molar-refractivity contribution in [3.05, 3.63) is 35.9 Å². The molecule has 1 aromatic carbocycles. The Morgan fingerprint density at radius 3 is 2.58 bits per heavy atom. The standard InChI is InChI=1S/C17H25NO/c1-18-12-16(11-10-14-6-5-7-14)19-17(13-18)15-8-3-2-4-9-15/h2-4,8-9,14,16-17H,5-7,10-13H2,1H3. The van der Waals surface area contributed by atoms with E-state index in [0.29, 0.717) is 6.10 Å². The Labute approximate surface area is 116 Å². The van der Waals surface area contributed by atoms with E-state index in [2.05, 4.69) is 42.3 Å². The van der Waals surface area contributed by atoms with E-state index in [1.54, 1.807) is 0 Å². The van der Waals surface area contributed by atoms with E-state index in [-0.39, 0.29) is 6.10 Å². The van der Waals surface area contributed by atoms with Gasteiger partial charge in [0.25, 0.3) is 0 Å². The van der Waals surface area contributed by atoms with E-state index in [1.165, 1.54) is 37.7 Å². The lowest BCUT2D eigenvalue weighted by Crippen LogP contribution is -2.42. The van der Waals surface area contributed by atoms with Crippen LogP contribution in [0.5, 0.6) is 0 Å². The van der Waals surface area contributed by atoms with Crippen LogP contribution in [0.1, 0.15) is 43.8 Å². The molecule has 0 bridgehead atoms. The summed E-state index contributed by atoms with van der Waals surface area (Å²) in [6.45, 7) is 2.11. The molecule has 19 heavy (non-hydrogen) atoms. The molecular weight excluding hydrogens is 234 g/mol. The van der Waals surface area contributed by atoms with Crippen molar-refractivity contribution in [2.45, 2.75) is 44.3 Å². The molecule has 0 radical (unpaired) electrons. The van der Waals surface area contributed by atoms with Gasteiger partial charge in [-0.2, -0.15) is 0 Å². The number of likely N-dealkylation sites (N-methyl/N-ethyl adjacent to an activating group) is 1. The average Bonchev–Trinajstić information content (AvgIpc) is 2.37. The first-order chi connectivity index (χ1) is 9.31. The van der Waals surface area contributed by atoms with E-state index in [1.807, 2.05) is 0 Å². The molecule has 2 heteroatoms. The van der Waals surface area contributed by atoms with E-state index in [4.69, 9.17) is 4.74 Å². The SMILES string of the molecule is CN1CC(CCC2CCC2)OC(c2ccccc2)C1. The highest BCUT2D eigenvalue weighted by atomic mass is 16.5. The lowest BCUT2D eigenvalue weighted by atomic mass is 9.81. The second-order valence-electron chi connectivity index (χ2n) is 6.25. The fourth-order valence-electron chi connectivity index (χ4n) is 3.24. The number of hydrogen-bond donors (Lipinski definition) is 0. The monoisotopic (exact) mass is 259 g/mol. The van der Waals surface area contributed by atoms with Gasteiger partial charge in [-0.3, -0.25) is 0 Å². The van der Waals surface area contributed by atoms with Crippen molar-refractivity contribution in [1.29, 1.82) is 0 Å². The second kappa shape index (κ2) is 6.06. The lowest BCUT2D eigenvalue weighted by Gasteiger charge is -2.37. The molecule has 1 aliphatic carbocycles. The number of hydrogen-bond acceptors (Lipinski definition) is 2. The van der Waals surface area contributed by atoms with Crippen LogP contribution >= 0.6 is 0 Å². The van der Waals surface area contributed by atoms with Crippen LogP contribution in [-0.4, -0.2) is 31.1 Å². The smallest absolute Gasteiger partial charge is 0.0956 e. The van der Waals surface area contributed by atoms with Gasteiger partial charge in [0, 0.05) is 13.1 Å². The van der Waals surface area contributed by atoms with Crippen LogP contribution in [0.15, 0.2) is 30.3 Å². The Morgan fingerprint density at radius 1 is 1.11 bits per heavy atom. The minimum absolute atomic E-state index is 0.256. The van der Waals surface area contributed by atoms with Crippen molar-refractivity contribution >= 4 is 0 Å². The van der Waals surface area contributed by atoms with E-state index in [9.17, 15) is 0 Å². The predicted molar refractivity (Wildman–Crippen MR) is 78.1 cm³/mol. The van der Waals surface area contributed by atoms with Crippen molar-refractivity contribution in [2.75, 3.05) is 20.1 Å². The van der Waals surface area contributed by atoms with Crippen molar-refractivity contribution in [2.24, 2.45) is 5.92 Å². The zero-order valence-electron chi connectivity index (χ0n) is 11.9. The summed E-state index contributed by atoms with van der Waals surface area (Å²) in [5.41, 5.74) is 1.32. The van der Waals surface area contributed by atoms with Crippen LogP contribution in [0.25, 0.3) is 0 Å². The summed E-state index contributed by atoms with van der Waals surface area (Å²) in [7, 11) is 2.22. The Kier molecular flexibility index (Phi) is 4.19. The zero-order valence-corrected chi connectivity index (χ0v) is 11.9. The molecule has 1 saturated heterocycles. The first-order valence-electron chi connectivity index (χ1n) is 7.70. The average molecular weight is 259 g/mol. The number of benzene rings is 1. The normalized spacial score (nSPS) is 29.1. The molecule has 2 fully saturated rings. The predicted octanol–water partition coefficient (Wildman–Crippen LogP) is 3.64. The summed E-state index contributed by atoms with van der Waals surface area (Å²) >= 11 is 0. The summed E-state index contributed by atoms with van der Waals surface area (Å²) in [6.07, 6.45) is 7.62. The molecular formula is C17H25NO. The Bertz CT molecular complexity index is 388. The van der Waals surface area contributed by atoms with Crippen LogP contribution in [0.3, 0.4) is 0 Å². The van der Waals surface area contributed by atoms with Crippen molar-refractivity contribution in [1.82, 2.24) is 4.90 Å². The minimum atomic E-state index is 0.256. The second-order valence-corrected chi connectivity index (χ2v) is 6.25. The van der Waals surface area contributed by atoms with E-state index in [0.717, 1.165) is 19.0 Å². The zero-order chi connectivity index (χ0) is 13.1. The summed E-state index contributed by atoms with van der Waals surface area (Å²) < 4.78 is 6.32. The maximum absolute atomic E-state index is 6.32. The largest absolute Gasteiger partial charge is 0.368 e. The fourth-order valence-corrected chi connectivity index (χ4v) is 3.24. The Balaban J connectivity index is 1.57. The molecule has 104 valence electrons. The number of rotatable bonds is 4. The van der Waals surface area contributed by atoms with Gasteiger partial charge in [-0.15, -0.1) is 0 Å². The fraction of sp³-hybridized carbons (Fsp3) is 0.647. The summed E-state index contributed by atoms with van der Waals surface area (Å²) in [5, 5.41) is 0. The molecule has 2 nitrogen and oxygen atoms in total. The topological polar surface area (TPSA) is 12.5 Å². The molecule has 0 aromatic heterocycles. The summed E-state index contributed by atoms with van der Waals surface area (Å²) in [4.78, 5) is 2.42. The molecule has 0 spiro atoms. The van der Waals surface area contributed by atoms with Gasteiger partial charge in [0.1, 0.15) is 0 Å². The molecule has 3 rings (SSSR count). The number of nitrogens with zero attached hydrogens (tertiary/aromatic N) is 1.